The molecule has 27 heavy (non-hydrogen) atoms. The second-order valence-electron chi connectivity index (χ2n) is 5.66. The van der Waals surface area contributed by atoms with Crippen LogP contribution in [0.1, 0.15) is 27.0 Å². The van der Waals surface area contributed by atoms with E-state index in [1.54, 1.807) is 0 Å². The van der Waals surface area contributed by atoms with Crippen molar-refractivity contribution in [3.63, 3.8) is 0 Å². The van der Waals surface area contributed by atoms with Crippen molar-refractivity contribution in [2.24, 2.45) is 0 Å². The fourth-order valence-corrected chi connectivity index (χ4v) is 2.89. The molecule has 0 aliphatic carbocycles. The number of H-pyrrole nitrogens is 1. The van der Waals surface area contributed by atoms with Gasteiger partial charge in [0, 0.05) is 27.0 Å². The molecule has 1 aromatic rings. The van der Waals surface area contributed by atoms with Crippen LogP contribution in [0.3, 0.4) is 0 Å². The summed E-state index contributed by atoms with van der Waals surface area (Å²) in [5, 5.41) is 0. The van der Waals surface area contributed by atoms with E-state index in [4.69, 9.17) is 18.9 Å². The van der Waals surface area contributed by atoms with Gasteiger partial charge in [0.05, 0.1) is 4.47 Å². The van der Waals surface area contributed by atoms with E-state index in [2.05, 4.69) is 20.9 Å². The summed E-state index contributed by atoms with van der Waals surface area (Å²) in [6.07, 6.45) is -3.46. The Bertz CT molecular complexity index is 862. The van der Waals surface area contributed by atoms with Gasteiger partial charge in [-0.15, -0.1) is 0 Å². The van der Waals surface area contributed by atoms with Gasteiger partial charge >= 0.3 is 23.6 Å². The molecule has 11 nitrogen and oxygen atoms in total. The number of aromatic nitrogens is 2. The first-order valence-corrected chi connectivity index (χ1v) is 8.53. The van der Waals surface area contributed by atoms with Crippen LogP contribution in [-0.2, 0) is 33.3 Å². The maximum Gasteiger partial charge on any atom is 0.330 e. The second-order valence-corrected chi connectivity index (χ2v) is 6.51. The zero-order valence-electron chi connectivity index (χ0n) is 14.6. The highest BCUT2D eigenvalue weighted by atomic mass is 79.9. The molecule has 148 valence electrons. The molecule has 0 spiro atoms. The van der Waals surface area contributed by atoms with Crippen LogP contribution in [0.5, 0.6) is 0 Å². The summed E-state index contributed by atoms with van der Waals surface area (Å²) in [4.78, 5) is 59.9. The minimum Gasteiger partial charge on any atom is -0.463 e. The van der Waals surface area contributed by atoms with E-state index in [9.17, 15) is 24.0 Å². The van der Waals surface area contributed by atoms with Crippen LogP contribution < -0.4 is 11.2 Å². The van der Waals surface area contributed by atoms with Crippen molar-refractivity contribution in [2.75, 3.05) is 6.61 Å². The Balaban J connectivity index is 2.47. The predicted molar refractivity (Wildman–Crippen MR) is 90.7 cm³/mol. The van der Waals surface area contributed by atoms with Crippen LogP contribution in [0.25, 0.3) is 0 Å². The highest BCUT2D eigenvalue weighted by Crippen LogP contribution is 2.33. The summed E-state index contributed by atoms with van der Waals surface area (Å²) < 4.78 is 22.0. The average Bonchev–Trinajstić information content (AvgIpc) is 2.85. The Labute approximate surface area is 160 Å². The number of nitrogens with one attached hydrogen (secondary N) is 1. The van der Waals surface area contributed by atoms with Crippen molar-refractivity contribution < 1.29 is 33.3 Å². The number of halogens is 1. The number of ether oxygens (including phenoxy) is 4. The van der Waals surface area contributed by atoms with Crippen LogP contribution in [0.15, 0.2) is 20.3 Å². The van der Waals surface area contributed by atoms with E-state index >= 15 is 0 Å². The lowest BCUT2D eigenvalue weighted by atomic mass is 10.1. The average molecular weight is 449 g/mol. The quantitative estimate of drug-likeness (QED) is 0.470. The SMILES string of the molecule is CC(=O)OC[C@H]1O[C@@H](n2cc(Br)c(=O)[nH]c2=O)C(OC(C)=O)C1OC(C)=O. The molecule has 1 fully saturated rings. The maximum absolute atomic E-state index is 12.2. The van der Waals surface area contributed by atoms with Gasteiger partial charge in [-0.3, -0.25) is 28.7 Å². The molecule has 0 bridgehead atoms. The lowest BCUT2D eigenvalue weighted by molar-refractivity contribution is -0.166. The first-order valence-electron chi connectivity index (χ1n) is 7.74. The molecule has 2 unspecified atom stereocenters. The van der Waals surface area contributed by atoms with Crippen LogP contribution >= 0.6 is 15.9 Å². The third kappa shape index (κ3) is 5.04. The van der Waals surface area contributed by atoms with E-state index < -0.39 is 53.7 Å². The summed E-state index contributed by atoms with van der Waals surface area (Å²) in [5.74, 6) is -2.00. The van der Waals surface area contributed by atoms with Gasteiger partial charge in [-0.25, -0.2) is 4.79 Å². The van der Waals surface area contributed by atoms with E-state index in [1.807, 2.05) is 0 Å². The summed E-state index contributed by atoms with van der Waals surface area (Å²) in [5.41, 5.74) is -1.49. The lowest BCUT2D eigenvalue weighted by Gasteiger charge is -2.23. The molecule has 12 heteroatoms. The van der Waals surface area contributed by atoms with Crippen molar-refractivity contribution in [3.05, 3.63) is 31.5 Å². The maximum atomic E-state index is 12.2. The Kier molecular flexibility index (Phi) is 6.54. The molecule has 2 heterocycles. The van der Waals surface area contributed by atoms with E-state index in [0.29, 0.717) is 0 Å². The first-order chi connectivity index (χ1) is 12.6. The van der Waals surface area contributed by atoms with E-state index in [-0.39, 0.29) is 11.1 Å². The minimum absolute atomic E-state index is 0.0275. The van der Waals surface area contributed by atoms with Gasteiger partial charge in [-0.2, -0.15) is 0 Å². The zero-order chi connectivity index (χ0) is 20.3. The van der Waals surface area contributed by atoms with Crippen molar-refractivity contribution >= 4 is 33.8 Å². The molecule has 0 saturated carbocycles. The van der Waals surface area contributed by atoms with Crippen LogP contribution in [-0.4, -0.2) is 52.4 Å². The number of esters is 3. The molecule has 1 saturated heterocycles. The van der Waals surface area contributed by atoms with Gasteiger partial charge in [-0.05, 0) is 15.9 Å². The van der Waals surface area contributed by atoms with Crippen molar-refractivity contribution in [2.45, 2.75) is 45.3 Å². The third-order valence-electron chi connectivity index (χ3n) is 3.54. The van der Waals surface area contributed by atoms with Gasteiger partial charge in [0.2, 0.25) is 0 Å². The third-order valence-corrected chi connectivity index (χ3v) is 4.10. The van der Waals surface area contributed by atoms with Crippen LogP contribution in [0.4, 0.5) is 0 Å². The molecule has 1 aliphatic heterocycles. The summed E-state index contributed by atoms with van der Waals surface area (Å²) in [6, 6.07) is 0. The first kappa shape index (κ1) is 20.8. The molecule has 0 radical (unpaired) electrons. The van der Waals surface area contributed by atoms with Crippen molar-refractivity contribution in [3.8, 4) is 0 Å². The predicted octanol–water partition coefficient (Wildman–Crippen LogP) is -0.377. The largest absolute Gasteiger partial charge is 0.463 e. The highest BCUT2D eigenvalue weighted by molar-refractivity contribution is 9.10. The van der Waals surface area contributed by atoms with Gasteiger partial charge in [-0.1, -0.05) is 0 Å². The monoisotopic (exact) mass is 448 g/mol. The minimum atomic E-state index is -1.24. The Morgan fingerprint density at radius 2 is 1.70 bits per heavy atom. The van der Waals surface area contributed by atoms with Crippen LogP contribution in [0.2, 0.25) is 0 Å². The van der Waals surface area contributed by atoms with Gasteiger partial charge in [0.1, 0.15) is 12.7 Å². The normalized spacial score (nSPS) is 24.3. The van der Waals surface area contributed by atoms with Gasteiger partial charge < -0.3 is 18.9 Å². The highest BCUT2D eigenvalue weighted by Gasteiger charge is 2.51. The molecular formula is C15H17BrN2O9. The van der Waals surface area contributed by atoms with Gasteiger partial charge in [0.25, 0.3) is 5.56 Å². The second kappa shape index (κ2) is 8.48. The smallest absolute Gasteiger partial charge is 0.330 e. The summed E-state index contributed by atoms with van der Waals surface area (Å²) in [6.45, 7) is 3.15. The molecule has 1 N–H and O–H groups in total. The fraction of sp³-hybridized carbons (Fsp3) is 0.533. The molecular weight excluding hydrogens is 432 g/mol. The van der Waals surface area contributed by atoms with Crippen molar-refractivity contribution in [1.82, 2.24) is 9.55 Å². The van der Waals surface area contributed by atoms with E-state index in [0.717, 1.165) is 24.6 Å². The van der Waals surface area contributed by atoms with Crippen molar-refractivity contribution in [1.29, 1.82) is 0 Å². The zero-order valence-corrected chi connectivity index (χ0v) is 16.2. The number of carbonyl (C=O) groups excluding carboxylic acids is 3. The lowest BCUT2D eigenvalue weighted by Crippen LogP contribution is -2.42. The Morgan fingerprint density at radius 3 is 2.26 bits per heavy atom. The number of nitrogens with zero attached hydrogens (tertiary/aromatic N) is 1. The topological polar surface area (TPSA) is 143 Å². The number of carbonyl (C=O) groups is 3. The molecule has 1 aromatic heterocycles. The summed E-state index contributed by atoms with van der Waals surface area (Å²) >= 11 is 3.00. The van der Waals surface area contributed by atoms with E-state index in [1.165, 1.54) is 6.92 Å². The Hall–Kier alpha value is -2.47. The molecule has 1 aliphatic rings. The Morgan fingerprint density at radius 1 is 1.11 bits per heavy atom. The molecule has 0 amide bonds. The standard InChI is InChI=1S/C15H17BrN2O9/c1-6(19)24-5-10-11(25-7(2)20)12(26-8(3)21)14(27-10)18-4-9(16)13(22)17-15(18)23/h4,10-12,14H,5H2,1-3H3,(H,17,22,23)/t10-,11?,12?,14-/m1/s1. The molecule has 4 atom stereocenters. The number of hydrogen-bond acceptors (Lipinski definition) is 9. The summed E-state index contributed by atoms with van der Waals surface area (Å²) in [7, 11) is 0. The number of hydrogen-bond donors (Lipinski definition) is 1. The fourth-order valence-electron chi connectivity index (χ4n) is 2.57. The molecule has 2 rings (SSSR count). The number of aromatic amines is 1. The van der Waals surface area contributed by atoms with Crippen LogP contribution in [0, 0.1) is 0 Å². The molecule has 0 aromatic carbocycles. The number of rotatable bonds is 5. The van der Waals surface area contributed by atoms with Gasteiger partial charge in [0.15, 0.2) is 18.4 Å².